The van der Waals surface area contributed by atoms with Crippen LogP contribution in [-0.4, -0.2) is 44.8 Å². The van der Waals surface area contributed by atoms with Crippen LogP contribution in [-0.2, 0) is 16.1 Å². The highest BCUT2D eigenvalue weighted by molar-refractivity contribution is 14.0. The number of amides is 1. The van der Waals surface area contributed by atoms with Gasteiger partial charge in [0.05, 0.1) is 19.7 Å². The molecule has 170 valence electrons. The molecule has 0 aliphatic rings. The van der Waals surface area contributed by atoms with Gasteiger partial charge < -0.3 is 25.4 Å². The van der Waals surface area contributed by atoms with Crippen LogP contribution in [0.1, 0.15) is 25.0 Å². The Hall–Kier alpha value is -2.33. The molecular weight excluding hydrogens is 507 g/mol. The highest BCUT2D eigenvalue weighted by atomic mass is 127. The van der Waals surface area contributed by atoms with E-state index in [0.29, 0.717) is 38.9 Å². The third kappa shape index (κ3) is 10.5. The number of guanidine groups is 1. The van der Waals surface area contributed by atoms with Gasteiger partial charge in [0, 0.05) is 24.4 Å². The molecule has 0 unspecified atom stereocenters. The van der Waals surface area contributed by atoms with Gasteiger partial charge in [-0.3, -0.25) is 4.79 Å². The number of hydrogen-bond acceptors (Lipinski definition) is 4. The van der Waals surface area contributed by atoms with Crippen molar-refractivity contribution >= 4 is 41.5 Å². The van der Waals surface area contributed by atoms with Crippen molar-refractivity contribution in [1.29, 1.82) is 0 Å². The van der Waals surface area contributed by atoms with E-state index in [-0.39, 0.29) is 36.4 Å². The highest BCUT2D eigenvalue weighted by Crippen LogP contribution is 2.21. The second kappa shape index (κ2) is 15.5. The number of benzene rings is 2. The summed E-state index contributed by atoms with van der Waals surface area (Å²) in [7, 11) is 0. The van der Waals surface area contributed by atoms with Gasteiger partial charge in [0.25, 0.3) is 0 Å². The van der Waals surface area contributed by atoms with Crippen LogP contribution in [0.2, 0.25) is 0 Å². The third-order valence-electron chi connectivity index (χ3n) is 4.14. The van der Waals surface area contributed by atoms with E-state index in [1.54, 1.807) is 0 Å². The number of nitrogens with zero attached hydrogens (tertiary/aromatic N) is 1. The summed E-state index contributed by atoms with van der Waals surface area (Å²) in [5, 5.41) is 9.07. The van der Waals surface area contributed by atoms with Gasteiger partial charge in [-0.2, -0.15) is 0 Å². The Bertz CT molecular complexity index is 816. The van der Waals surface area contributed by atoms with Gasteiger partial charge >= 0.3 is 0 Å². The first-order valence-electron chi connectivity index (χ1n) is 10.3. The standard InChI is InChI=1S/C23H32N4O3.HI/c1-4-24-23(26-17-22(28)27-20-9-7-6-8-10-20)25-16-19-12-11-18(3)15-21(19)30-14-13-29-5-2;/h6-12,15H,4-5,13-14,16-17H2,1-3H3,(H,27,28)(H2,24,25,26);1H. The summed E-state index contributed by atoms with van der Waals surface area (Å²) >= 11 is 0. The van der Waals surface area contributed by atoms with Crippen molar-refractivity contribution in [2.24, 2.45) is 4.99 Å². The first-order chi connectivity index (χ1) is 14.6. The topological polar surface area (TPSA) is 84.0 Å². The minimum absolute atomic E-state index is 0. The van der Waals surface area contributed by atoms with Crippen LogP contribution in [0.4, 0.5) is 5.69 Å². The van der Waals surface area contributed by atoms with Crippen LogP contribution in [0.15, 0.2) is 53.5 Å². The number of nitrogens with one attached hydrogen (secondary N) is 3. The van der Waals surface area contributed by atoms with Crippen molar-refractivity contribution in [3.8, 4) is 5.75 Å². The zero-order valence-corrected chi connectivity index (χ0v) is 20.8. The molecule has 1 amide bonds. The SMILES string of the molecule is CCNC(=NCc1ccc(C)cc1OCCOCC)NCC(=O)Nc1ccccc1.I. The van der Waals surface area contributed by atoms with Gasteiger partial charge in [-0.25, -0.2) is 4.99 Å². The van der Waals surface area contributed by atoms with Gasteiger partial charge in [-0.15, -0.1) is 24.0 Å². The lowest BCUT2D eigenvalue weighted by atomic mass is 10.1. The second-order valence-corrected chi connectivity index (χ2v) is 6.62. The molecule has 0 saturated carbocycles. The van der Waals surface area contributed by atoms with Crippen molar-refractivity contribution in [3.05, 3.63) is 59.7 Å². The summed E-state index contributed by atoms with van der Waals surface area (Å²) in [6, 6.07) is 15.4. The zero-order valence-electron chi connectivity index (χ0n) is 18.4. The summed E-state index contributed by atoms with van der Waals surface area (Å²) in [6.45, 7) is 8.92. The molecule has 0 radical (unpaired) electrons. The molecule has 7 nitrogen and oxygen atoms in total. The Labute approximate surface area is 202 Å². The van der Waals surface area contributed by atoms with Crippen LogP contribution in [0.5, 0.6) is 5.75 Å². The molecule has 0 heterocycles. The Kier molecular flexibility index (Phi) is 13.3. The molecule has 3 N–H and O–H groups in total. The number of aliphatic imine (C=N–C) groups is 1. The van der Waals surface area contributed by atoms with Crippen molar-refractivity contribution < 1.29 is 14.3 Å². The van der Waals surface area contributed by atoms with E-state index in [4.69, 9.17) is 9.47 Å². The highest BCUT2D eigenvalue weighted by Gasteiger charge is 2.07. The Morgan fingerprint density at radius 1 is 1.03 bits per heavy atom. The van der Waals surface area contributed by atoms with Crippen LogP contribution >= 0.6 is 24.0 Å². The van der Waals surface area contributed by atoms with E-state index >= 15 is 0 Å². The summed E-state index contributed by atoms with van der Waals surface area (Å²) in [4.78, 5) is 16.8. The fourth-order valence-electron chi connectivity index (χ4n) is 2.68. The quantitative estimate of drug-likeness (QED) is 0.175. The Balaban J connectivity index is 0.00000480. The number of rotatable bonds is 11. The molecule has 0 bridgehead atoms. The van der Waals surface area contributed by atoms with Crippen LogP contribution in [0.3, 0.4) is 0 Å². The van der Waals surface area contributed by atoms with Crippen molar-refractivity contribution in [2.75, 3.05) is 38.2 Å². The number of carbonyl (C=O) groups excluding carboxylic acids is 1. The lowest BCUT2D eigenvalue weighted by molar-refractivity contribution is -0.115. The maximum atomic E-state index is 12.2. The fraction of sp³-hybridized carbons (Fsp3) is 0.391. The lowest BCUT2D eigenvalue weighted by Crippen LogP contribution is -2.41. The molecule has 0 aliphatic heterocycles. The van der Waals surface area contributed by atoms with E-state index in [1.807, 2.05) is 69.3 Å². The Morgan fingerprint density at radius 2 is 1.81 bits per heavy atom. The van der Waals surface area contributed by atoms with E-state index < -0.39 is 0 Å². The van der Waals surface area contributed by atoms with E-state index in [1.165, 1.54) is 0 Å². The van der Waals surface area contributed by atoms with Gasteiger partial charge in [0.1, 0.15) is 12.4 Å². The molecule has 0 saturated heterocycles. The maximum absolute atomic E-state index is 12.2. The van der Waals surface area contributed by atoms with Gasteiger partial charge in [-0.05, 0) is 44.5 Å². The largest absolute Gasteiger partial charge is 0.491 e. The van der Waals surface area contributed by atoms with Crippen LogP contribution in [0, 0.1) is 6.92 Å². The van der Waals surface area contributed by atoms with Gasteiger partial charge in [0.15, 0.2) is 5.96 Å². The molecule has 0 aliphatic carbocycles. The maximum Gasteiger partial charge on any atom is 0.243 e. The molecule has 8 heteroatoms. The van der Waals surface area contributed by atoms with Crippen molar-refractivity contribution in [2.45, 2.75) is 27.3 Å². The first kappa shape index (κ1) is 26.7. The first-order valence-corrected chi connectivity index (χ1v) is 10.3. The van der Waals surface area contributed by atoms with Gasteiger partial charge in [0.2, 0.25) is 5.91 Å². The molecule has 0 atom stereocenters. The van der Waals surface area contributed by atoms with Crippen LogP contribution < -0.4 is 20.7 Å². The summed E-state index contributed by atoms with van der Waals surface area (Å²) in [5.41, 5.74) is 2.86. The van der Waals surface area contributed by atoms with E-state index in [9.17, 15) is 4.79 Å². The average molecular weight is 540 g/mol. The predicted octanol–water partition coefficient (Wildman–Crippen LogP) is 3.72. The Morgan fingerprint density at radius 3 is 2.52 bits per heavy atom. The third-order valence-corrected chi connectivity index (χ3v) is 4.14. The number of hydrogen-bond donors (Lipinski definition) is 3. The number of anilines is 1. The zero-order chi connectivity index (χ0) is 21.6. The second-order valence-electron chi connectivity index (χ2n) is 6.62. The molecule has 0 fully saturated rings. The summed E-state index contributed by atoms with van der Waals surface area (Å²) in [6.07, 6.45) is 0. The number of carbonyl (C=O) groups is 1. The minimum atomic E-state index is -0.137. The number of para-hydroxylation sites is 1. The average Bonchev–Trinajstić information content (AvgIpc) is 2.75. The molecular formula is C23H33IN4O3. The molecule has 0 spiro atoms. The molecule has 31 heavy (non-hydrogen) atoms. The fourth-order valence-corrected chi connectivity index (χ4v) is 2.68. The summed E-state index contributed by atoms with van der Waals surface area (Å²) in [5.74, 6) is 1.24. The van der Waals surface area contributed by atoms with E-state index in [0.717, 1.165) is 22.6 Å². The summed E-state index contributed by atoms with van der Waals surface area (Å²) < 4.78 is 11.2. The van der Waals surface area contributed by atoms with Crippen molar-refractivity contribution in [3.63, 3.8) is 0 Å². The normalized spacial score (nSPS) is 10.7. The molecule has 0 aromatic heterocycles. The molecule has 2 rings (SSSR count). The predicted molar refractivity (Wildman–Crippen MR) is 136 cm³/mol. The van der Waals surface area contributed by atoms with Crippen LogP contribution in [0.25, 0.3) is 0 Å². The molecule has 2 aromatic rings. The number of halogens is 1. The molecule has 2 aromatic carbocycles. The number of ether oxygens (including phenoxy) is 2. The minimum Gasteiger partial charge on any atom is -0.491 e. The van der Waals surface area contributed by atoms with Gasteiger partial charge in [-0.1, -0.05) is 30.3 Å². The van der Waals surface area contributed by atoms with Crippen molar-refractivity contribution in [1.82, 2.24) is 10.6 Å². The smallest absolute Gasteiger partial charge is 0.243 e. The number of aryl methyl sites for hydroxylation is 1. The monoisotopic (exact) mass is 540 g/mol. The van der Waals surface area contributed by atoms with E-state index in [2.05, 4.69) is 20.9 Å². The lowest BCUT2D eigenvalue weighted by Gasteiger charge is -2.14.